The Kier molecular flexibility index (Phi) is 5.25. The lowest BCUT2D eigenvalue weighted by Crippen LogP contribution is -2.07. The van der Waals surface area contributed by atoms with Gasteiger partial charge in [-0.05, 0) is 47.4 Å². The SMILES string of the molecule is CC(C)c1ccc(NC(=O)C=Cc2ccc([N+](=O)[O-])cc2)cc1. The Bertz CT molecular complexity index is 717. The number of hydrogen-bond acceptors (Lipinski definition) is 3. The molecular formula is C18H18N2O3. The minimum Gasteiger partial charge on any atom is -0.323 e. The first-order valence-corrected chi connectivity index (χ1v) is 7.29. The summed E-state index contributed by atoms with van der Waals surface area (Å²) in [6, 6.07) is 13.7. The number of benzene rings is 2. The molecule has 0 saturated heterocycles. The predicted molar refractivity (Wildman–Crippen MR) is 91.3 cm³/mol. The van der Waals surface area contributed by atoms with Crippen molar-refractivity contribution in [1.29, 1.82) is 0 Å². The first-order chi connectivity index (χ1) is 11.0. The Morgan fingerprint density at radius 2 is 1.70 bits per heavy atom. The third-order valence-electron chi connectivity index (χ3n) is 3.38. The normalized spacial score (nSPS) is 10.9. The highest BCUT2D eigenvalue weighted by Gasteiger charge is 2.03. The molecule has 0 atom stereocenters. The first kappa shape index (κ1) is 16.4. The van der Waals surface area contributed by atoms with Gasteiger partial charge in [0.15, 0.2) is 0 Å². The van der Waals surface area contributed by atoms with Crippen molar-refractivity contribution >= 4 is 23.4 Å². The van der Waals surface area contributed by atoms with Gasteiger partial charge in [-0.1, -0.05) is 26.0 Å². The highest BCUT2D eigenvalue weighted by molar-refractivity contribution is 6.01. The minimum atomic E-state index is -0.457. The lowest BCUT2D eigenvalue weighted by Gasteiger charge is -2.07. The van der Waals surface area contributed by atoms with Gasteiger partial charge in [0.05, 0.1) is 4.92 Å². The average molecular weight is 310 g/mol. The average Bonchev–Trinajstić information content (AvgIpc) is 2.54. The fourth-order valence-corrected chi connectivity index (χ4v) is 2.01. The van der Waals surface area contributed by atoms with Crippen molar-refractivity contribution in [2.24, 2.45) is 0 Å². The second-order valence-electron chi connectivity index (χ2n) is 5.45. The standard InChI is InChI=1S/C18H18N2O3/c1-13(2)15-6-8-16(9-7-15)19-18(21)12-5-14-3-10-17(11-4-14)20(22)23/h3-13H,1-2H3,(H,19,21). The van der Waals surface area contributed by atoms with E-state index in [0.29, 0.717) is 5.92 Å². The van der Waals surface area contributed by atoms with Gasteiger partial charge in [0.2, 0.25) is 5.91 Å². The van der Waals surface area contributed by atoms with Crippen LogP contribution >= 0.6 is 0 Å². The van der Waals surface area contributed by atoms with Crippen LogP contribution < -0.4 is 5.32 Å². The first-order valence-electron chi connectivity index (χ1n) is 7.29. The van der Waals surface area contributed by atoms with E-state index >= 15 is 0 Å². The summed E-state index contributed by atoms with van der Waals surface area (Å²) < 4.78 is 0. The molecule has 1 amide bonds. The molecule has 0 spiro atoms. The number of nitrogens with one attached hydrogen (secondary N) is 1. The molecule has 0 fully saturated rings. The van der Waals surface area contributed by atoms with E-state index in [1.165, 1.54) is 23.8 Å². The molecule has 0 aliphatic heterocycles. The Morgan fingerprint density at radius 3 is 2.22 bits per heavy atom. The van der Waals surface area contributed by atoms with E-state index in [4.69, 9.17) is 0 Å². The van der Waals surface area contributed by atoms with Crippen LogP contribution in [0, 0.1) is 10.1 Å². The van der Waals surface area contributed by atoms with Gasteiger partial charge in [0.25, 0.3) is 5.69 Å². The highest BCUT2D eigenvalue weighted by atomic mass is 16.6. The summed E-state index contributed by atoms with van der Waals surface area (Å²) in [7, 11) is 0. The molecule has 0 aliphatic rings. The zero-order valence-corrected chi connectivity index (χ0v) is 13.0. The van der Waals surface area contributed by atoms with Crippen molar-refractivity contribution < 1.29 is 9.72 Å². The molecule has 5 nitrogen and oxygen atoms in total. The highest BCUT2D eigenvalue weighted by Crippen LogP contribution is 2.17. The van der Waals surface area contributed by atoms with Gasteiger partial charge in [-0.2, -0.15) is 0 Å². The zero-order valence-electron chi connectivity index (χ0n) is 13.0. The molecule has 0 unspecified atom stereocenters. The maximum absolute atomic E-state index is 11.9. The van der Waals surface area contributed by atoms with Crippen molar-refractivity contribution in [3.05, 3.63) is 75.8 Å². The Labute approximate surface area is 134 Å². The minimum absolute atomic E-state index is 0.0249. The van der Waals surface area contributed by atoms with E-state index in [2.05, 4.69) is 19.2 Å². The molecule has 0 aromatic heterocycles. The number of carbonyl (C=O) groups excluding carboxylic acids is 1. The van der Waals surface area contributed by atoms with Crippen LogP contribution in [0.1, 0.15) is 30.9 Å². The van der Waals surface area contributed by atoms with E-state index in [9.17, 15) is 14.9 Å². The second kappa shape index (κ2) is 7.35. The molecular weight excluding hydrogens is 292 g/mol. The van der Waals surface area contributed by atoms with Crippen LogP contribution in [-0.4, -0.2) is 10.8 Å². The van der Waals surface area contributed by atoms with Gasteiger partial charge < -0.3 is 5.32 Å². The summed E-state index contributed by atoms with van der Waals surface area (Å²) in [6.07, 6.45) is 3.01. The van der Waals surface area contributed by atoms with Gasteiger partial charge >= 0.3 is 0 Å². The molecule has 5 heteroatoms. The number of amides is 1. The summed E-state index contributed by atoms with van der Waals surface area (Å²) in [4.78, 5) is 22.0. The smallest absolute Gasteiger partial charge is 0.269 e. The monoisotopic (exact) mass is 310 g/mol. The van der Waals surface area contributed by atoms with Crippen LogP contribution in [0.2, 0.25) is 0 Å². The van der Waals surface area contributed by atoms with Crippen LogP contribution in [0.15, 0.2) is 54.6 Å². The van der Waals surface area contributed by atoms with Crippen LogP contribution in [0.5, 0.6) is 0 Å². The van der Waals surface area contributed by atoms with Crippen molar-refractivity contribution in [2.75, 3.05) is 5.32 Å². The largest absolute Gasteiger partial charge is 0.323 e. The number of rotatable bonds is 5. The fourth-order valence-electron chi connectivity index (χ4n) is 2.01. The van der Waals surface area contributed by atoms with E-state index in [0.717, 1.165) is 11.3 Å². The van der Waals surface area contributed by atoms with Gasteiger partial charge in [0.1, 0.15) is 0 Å². The summed E-state index contributed by atoms with van der Waals surface area (Å²) >= 11 is 0. The third-order valence-corrected chi connectivity index (χ3v) is 3.38. The van der Waals surface area contributed by atoms with Gasteiger partial charge in [-0.3, -0.25) is 14.9 Å². The van der Waals surface area contributed by atoms with Crippen molar-refractivity contribution in [3.63, 3.8) is 0 Å². The van der Waals surface area contributed by atoms with E-state index in [1.54, 1.807) is 18.2 Å². The summed E-state index contributed by atoms with van der Waals surface area (Å²) in [6.45, 7) is 4.22. The Balaban J connectivity index is 1.97. The van der Waals surface area contributed by atoms with Crippen molar-refractivity contribution in [1.82, 2.24) is 0 Å². The van der Waals surface area contributed by atoms with Crippen LogP contribution in [0.3, 0.4) is 0 Å². The molecule has 0 bridgehead atoms. The Morgan fingerprint density at radius 1 is 1.09 bits per heavy atom. The van der Waals surface area contributed by atoms with Gasteiger partial charge in [-0.15, -0.1) is 0 Å². The third kappa shape index (κ3) is 4.78. The van der Waals surface area contributed by atoms with Crippen LogP contribution in [0.25, 0.3) is 6.08 Å². The Hall–Kier alpha value is -2.95. The number of non-ortho nitro benzene ring substituents is 1. The molecule has 2 aromatic carbocycles. The summed E-state index contributed by atoms with van der Waals surface area (Å²) in [5.74, 6) is 0.197. The number of anilines is 1. The predicted octanol–water partition coefficient (Wildman–Crippen LogP) is 4.37. The van der Waals surface area contributed by atoms with Gasteiger partial charge in [-0.25, -0.2) is 0 Å². The quantitative estimate of drug-likeness (QED) is 0.506. The maximum atomic E-state index is 11.9. The van der Waals surface area contributed by atoms with Crippen LogP contribution in [-0.2, 0) is 4.79 Å². The van der Waals surface area contributed by atoms with Crippen LogP contribution in [0.4, 0.5) is 11.4 Å². The number of hydrogen-bond donors (Lipinski definition) is 1. The van der Waals surface area contributed by atoms with E-state index in [1.807, 2.05) is 24.3 Å². The molecule has 23 heavy (non-hydrogen) atoms. The molecule has 118 valence electrons. The maximum Gasteiger partial charge on any atom is 0.269 e. The number of nitro benzene ring substituents is 1. The number of carbonyl (C=O) groups is 1. The summed E-state index contributed by atoms with van der Waals surface area (Å²) in [5.41, 5.74) is 2.69. The molecule has 0 heterocycles. The van der Waals surface area contributed by atoms with E-state index < -0.39 is 4.92 Å². The fraction of sp³-hybridized carbons (Fsp3) is 0.167. The summed E-state index contributed by atoms with van der Waals surface area (Å²) in [5, 5.41) is 13.3. The second-order valence-corrected chi connectivity index (χ2v) is 5.45. The van der Waals surface area contributed by atoms with Crippen molar-refractivity contribution in [2.45, 2.75) is 19.8 Å². The van der Waals surface area contributed by atoms with Crippen molar-refractivity contribution in [3.8, 4) is 0 Å². The van der Waals surface area contributed by atoms with E-state index in [-0.39, 0.29) is 11.6 Å². The molecule has 0 radical (unpaired) electrons. The zero-order chi connectivity index (χ0) is 16.8. The topological polar surface area (TPSA) is 72.2 Å². The molecule has 1 N–H and O–H groups in total. The molecule has 0 aliphatic carbocycles. The molecule has 2 rings (SSSR count). The lowest BCUT2D eigenvalue weighted by molar-refractivity contribution is -0.384. The van der Waals surface area contributed by atoms with Gasteiger partial charge in [0, 0.05) is 23.9 Å². The molecule has 2 aromatic rings. The number of nitrogens with zero attached hydrogens (tertiary/aromatic N) is 1. The number of nitro groups is 1. The lowest BCUT2D eigenvalue weighted by atomic mass is 10.0. The molecule has 0 saturated carbocycles.